The number of thioether (sulfide) groups is 1. The number of nitrogens with zero attached hydrogens (tertiary/aromatic N) is 3. The van der Waals surface area contributed by atoms with Crippen molar-refractivity contribution in [3.05, 3.63) is 96.6 Å². The maximum atomic E-state index is 12.0. The van der Waals surface area contributed by atoms with E-state index in [1.807, 2.05) is 54.6 Å². The first-order valence-electron chi connectivity index (χ1n) is 11.2. The number of nitrogens with one attached hydrogen (secondary N) is 1. The molecule has 3 aromatic carbocycles. The monoisotopic (exact) mass is 468 g/mol. The zero-order chi connectivity index (χ0) is 23.3. The van der Waals surface area contributed by atoms with E-state index >= 15 is 0 Å². The van der Waals surface area contributed by atoms with Gasteiger partial charge in [-0.1, -0.05) is 103 Å². The lowest BCUT2D eigenvalue weighted by atomic mass is 10.0. The molecular weight excluding hydrogens is 444 g/mol. The Morgan fingerprint density at radius 1 is 0.824 bits per heavy atom. The van der Waals surface area contributed by atoms with Crippen LogP contribution in [0.5, 0.6) is 0 Å². The lowest BCUT2D eigenvalue weighted by Crippen LogP contribution is -2.32. The van der Waals surface area contributed by atoms with Crippen molar-refractivity contribution in [1.82, 2.24) is 19.8 Å². The van der Waals surface area contributed by atoms with Gasteiger partial charge in [0.25, 0.3) is 0 Å². The smallest absolute Gasteiger partial charge is 0.324 e. The lowest BCUT2D eigenvalue weighted by Gasteiger charge is -2.14. The largest absolute Gasteiger partial charge is 0.329 e. The number of rotatable bonds is 8. The normalized spacial score (nSPS) is 13.4. The SMILES string of the molecule is O=C1CNC(=O)N1CCSc1nc(-c2ccccc2)c(-c2ccccc2)n1Cc1ccccc1. The summed E-state index contributed by atoms with van der Waals surface area (Å²) >= 11 is 1.56. The minimum Gasteiger partial charge on any atom is -0.329 e. The Morgan fingerprint density at radius 2 is 1.44 bits per heavy atom. The predicted molar refractivity (Wildman–Crippen MR) is 134 cm³/mol. The molecule has 1 N–H and O–H groups in total. The highest BCUT2D eigenvalue weighted by atomic mass is 32.2. The molecule has 1 aliphatic rings. The fourth-order valence-electron chi connectivity index (χ4n) is 4.05. The van der Waals surface area contributed by atoms with Gasteiger partial charge in [0.1, 0.15) is 0 Å². The number of carbonyl (C=O) groups is 2. The van der Waals surface area contributed by atoms with E-state index < -0.39 is 0 Å². The van der Waals surface area contributed by atoms with Crippen LogP contribution in [0, 0.1) is 0 Å². The summed E-state index contributed by atoms with van der Waals surface area (Å²) in [5.74, 6) is 0.376. The molecule has 170 valence electrons. The number of urea groups is 1. The second-order valence-electron chi connectivity index (χ2n) is 7.95. The molecule has 7 heteroatoms. The van der Waals surface area contributed by atoms with Crippen LogP contribution in [-0.2, 0) is 11.3 Å². The molecule has 34 heavy (non-hydrogen) atoms. The first-order valence-corrected chi connectivity index (χ1v) is 12.2. The van der Waals surface area contributed by atoms with Gasteiger partial charge in [0.15, 0.2) is 5.16 Å². The summed E-state index contributed by atoms with van der Waals surface area (Å²) in [5.41, 5.74) is 5.27. The number of amides is 3. The third-order valence-corrected chi connectivity index (χ3v) is 6.65. The molecule has 0 saturated carbocycles. The Kier molecular flexibility index (Phi) is 6.44. The molecule has 1 aliphatic heterocycles. The molecule has 4 aromatic rings. The van der Waals surface area contributed by atoms with Crippen LogP contribution in [0.25, 0.3) is 22.5 Å². The average molecular weight is 469 g/mol. The minimum atomic E-state index is -0.326. The summed E-state index contributed by atoms with van der Waals surface area (Å²) in [6.07, 6.45) is 0. The zero-order valence-corrected chi connectivity index (χ0v) is 19.4. The number of imidazole rings is 1. The Bertz CT molecular complexity index is 1270. The molecule has 6 nitrogen and oxygen atoms in total. The number of imide groups is 1. The van der Waals surface area contributed by atoms with Crippen LogP contribution in [-0.4, -0.2) is 45.2 Å². The van der Waals surface area contributed by atoms with Crippen molar-refractivity contribution < 1.29 is 9.59 Å². The second kappa shape index (κ2) is 9.97. The summed E-state index contributed by atoms with van der Waals surface area (Å²) in [5, 5.41) is 3.43. The van der Waals surface area contributed by atoms with Gasteiger partial charge in [-0.15, -0.1) is 0 Å². The molecule has 5 rings (SSSR count). The van der Waals surface area contributed by atoms with Gasteiger partial charge in [0.05, 0.1) is 24.5 Å². The average Bonchev–Trinajstić information content (AvgIpc) is 3.40. The second-order valence-corrected chi connectivity index (χ2v) is 9.01. The Labute approximate surface area is 202 Å². The van der Waals surface area contributed by atoms with Gasteiger partial charge < -0.3 is 9.88 Å². The molecule has 1 saturated heterocycles. The Morgan fingerprint density at radius 3 is 2.06 bits per heavy atom. The quantitative estimate of drug-likeness (QED) is 0.295. The van der Waals surface area contributed by atoms with Gasteiger partial charge in [0, 0.05) is 23.4 Å². The van der Waals surface area contributed by atoms with Crippen LogP contribution in [0.1, 0.15) is 5.56 Å². The van der Waals surface area contributed by atoms with Gasteiger partial charge in [-0.3, -0.25) is 9.69 Å². The molecule has 0 bridgehead atoms. The minimum absolute atomic E-state index is 0.0719. The number of aromatic nitrogens is 2. The summed E-state index contributed by atoms with van der Waals surface area (Å²) < 4.78 is 2.24. The topological polar surface area (TPSA) is 67.2 Å². The number of benzene rings is 3. The van der Waals surface area contributed by atoms with E-state index in [2.05, 4.69) is 46.3 Å². The highest BCUT2D eigenvalue weighted by Crippen LogP contribution is 2.36. The molecule has 0 spiro atoms. The van der Waals surface area contributed by atoms with Gasteiger partial charge in [0.2, 0.25) is 5.91 Å². The molecule has 1 aromatic heterocycles. The fraction of sp³-hybridized carbons (Fsp3) is 0.148. The van der Waals surface area contributed by atoms with E-state index in [1.54, 1.807) is 11.8 Å². The van der Waals surface area contributed by atoms with E-state index in [0.29, 0.717) is 18.8 Å². The van der Waals surface area contributed by atoms with Crippen molar-refractivity contribution in [1.29, 1.82) is 0 Å². The molecule has 0 atom stereocenters. The van der Waals surface area contributed by atoms with Gasteiger partial charge >= 0.3 is 6.03 Å². The Hall–Kier alpha value is -3.84. The van der Waals surface area contributed by atoms with E-state index in [-0.39, 0.29) is 18.5 Å². The zero-order valence-electron chi connectivity index (χ0n) is 18.6. The van der Waals surface area contributed by atoms with Crippen molar-refractivity contribution in [2.75, 3.05) is 18.8 Å². The van der Waals surface area contributed by atoms with Crippen LogP contribution in [0.2, 0.25) is 0 Å². The van der Waals surface area contributed by atoms with Crippen molar-refractivity contribution in [3.8, 4) is 22.5 Å². The van der Waals surface area contributed by atoms with Crippen LogP contribution in [0.15, 0.2) is 96.2 Å². The molecule has 1 fully saturated rings. The third-order valence-electron chi connectivity index (χ3n) is 5.69. The summed E-state index contributed by atoms with van der Waals surface area (Å²) in [6, 6.07) is 30.5. The number of carbonyl (C=O) groups excluding carboxylic acids is 2. The molecular formula is C27H24N4O2S. The molecule has 0 unspecified atom stereocenters. The molecule has 2 heterocycles. The summed E-state index contributed by atoms with van der Waals surface area (Å²) in [6.45, 7) is 1.08. The molecule has 0 aliphatic carbocycles. The highest BCUT2D eigenvalue weighted by Gasteiger charge is 2.28. The van der Waals surface area contributed by atoms with Crippen molar-refractivity contribution in [2.24, 2.45) is 0 Å². The number of hydrogen-bond donors (Lipinski definition) is 1. The molecule has 0 radical (unpaired) electrons. The first-order chi connectivity index (χ1) is 16.7. The summed E-state index contributed by atoms with van der Waals surface area (Å²) in [7, 11) is 0. The van der Waals surface area contributed by atoms with Crippen LogP contribution >= 0.6 is 11.8 Å². The predicted octanol–water partition coefficient (Wildman–Crippen LogP) is 4.91. The first kappa shape index (κ1) is 22.0. The van der Waals surface area contributed by atoms with E-state index in [0.717, 1.165) is 27.7 Å². The standard InChI is InChI=1S/C27H24N4O2S/c32-23-18-28-26(33)30(23)16-17-34-27-29-24(21-12-6-2-7-13-21)25(22-14-8-3-9-15-22)31(27)19-20-10-4-1-5-11-20/h1-15H,16-19H2,(H,28,33). The van der Waals surface area contributed by atoms with Crippen LogP contribution < -0.4 is 5.32 Å². The van der Waals surface area contributed by atoms with Crippen molar-refractivity contribution in [2.45, 2.75) is 11.7 Å². The van der Waals surface area contributed by atoms with Gasteiger partial charge in [-0.2, -0.15) is 0 Å². The fourth-order valence-corrected chi connectivity index (χ4v) is 4.97. The lowest BCUT2D eigenvalue weighted by molar-refractivity contribution is -0.124. The van der Waals surface area contributed by atoms with E-state index in [4.69, 9.17) is 4.98 Å². The van der Waals surface area contributed by atoms with Gasteiger partial charge in [-0.25, -0.2) is 9.78 Å². The number of hydrogen-bond acceptors (Lipinski definition) is 4. The maximum absolute atomic E-state index is 12.0. The highest BCUT2D eigenvalue weighted by molar-refractivity contribution is 7.99. The van der Waals surface area contributed by atoms with Crippen molar-refractivity contribution >= 4 is 23.7 Å². The summed E-state index contributed by atoms with van der Waals surface area (Å²) in [4.78, 5) is 30.3. The Balaban J connectivity index is 1.55. The van der Waals surface area contributed by atoms with E-state index in [9.17, 15) is 9.59 Å². The molecule has 3 amide bonds. The van der Waals surface area contributed by atoms with Crippen LogP contribution in [0.4, 0.5) is 4.79 Å². The van der Waals surface area contributed by atoms with E-state index in [1.165, 1.54) is 10.5 Å². The van der Waals surface area contributed by atoms with Gasteiger partial charge in [-0.05, 0) is 5.56 Å². The third kappa shape index (κ3) is 4.61. The van der Waals surface area contributed by atoms with Crippen LogP contribution in [0.3, 0.4) is 0 Å². The van der Waals surface area contributed by atoms with Crippen molar-refractivity contribution in [3.63, 3.8) is 0 Å². The maximum Gasteiger partial charge on any atom is 0.324 e.